The number of hydrogen-bond donors (Lipinski definition) is 0. The molecule has 0 radical (unpaired) electrons. The quantitative estimate of drug-likeness (QED) is 0.740. The third kappa shape index (κ3) is 4.42. The summed E-state index contributed by atoms with van der Waals surface area (Å²) in [4.78, 5) is 37.1. The van der Waals surface area contributed by atoms with E-state index in [0.29, 0.717) is 5.56 Å². The molecule has 3 heterocycles. The first-order chi connectivity index (χ1) is 15.3. The van der Waals surface area contributed by atoms with Gasteiger partial charge < -0.3 is 14.7 Å². The SMILES string of the molecule is Cc1ccc(C(C)(C)C(=O)N2CCCC2c2ccc(C(=O)N3CCN(C)CC3)cn2)cc1. The Morgan fingerprint density at radius 3 is 2.28 bits per heavy atom. The highest BCUT2D eigenvalue weighted by Crippen LogP contribution is 2.36. The number of carbonyl (C=O) groups is 2. The van der Waals surface area contributed by atoms with Gasteiger partial charge in [-0.1, -0.05) is 29.8 Å². The zero-order valence-corrected chi connectivity index (χ0v) is 19.7. The Bertz CT molecular complexity index is 960. The lowest BCUT2D eigenvalue weighted by Gasteiger charge is -2.33. The molecule has 0 saturated carbocycles. The van der Waals surface area contributed by atoms with E-state index in [1.54, 1.807) is 6.20 Å². The Balaban J connectivity index is 1.49. The van der Waals surface area contributed by atoms with E-state index in [1.165, 1.54) is 5.56 Å². The van der Waals surface area contributed by atoms with Gasteiger partial charge >= 0.3 is 0 Å². The maximum Gasteiger partial charge on any atom is 0.255 e. The van der Waals surface area contributed by atoms with Crippen molar-refractivity contribution in [2.24, 2.45) is 0 Å². The molecule has 2 saturated heterocycles. The first-order valence-corrected chi connectivity index (χ1v) is 11.6. The molecule has 1 unspecified atom stereocenters. The van der Waals surface area contributed by atoms with Crippen LogP contribution in [0.1, 0.15) is 59.9 Å². The van der Waals surface area contributed by atoms with E-state index in [-0.39, 0.29) is 17.9 Å². The lowest BCUT2D eigenvalue weighted by atomic mass is 9.82. The van der Waals surface area contributed by atoms with Gasteiger partial charge in [0.1, 0.15) is 0 Å². The summed E-state index contributed by atoms with van der Waals surface area (Å²) in [6, 6.07) is 12.0. The minimum absolute atomic E-state index is 0.0389. The van der Waals surface area contributed by atoms with Crippen molar-refractivity contribution in [3.63, 3.8) is 0 Å². The summed E-state index contributed by atoms with van der Waals surface area (Å²) in [6.45, 7) is 10.1. The Morgan fingerprint density at radius 2 is 1.66 bits per heavy atom. The van der Waals surface area contributed by atoms with Gasteiger partial charge in [-0.2, -0.15) is 0 Å². The molecule has 0 spiro atoms. The predicted molar refractivity (Wildman–Crippen MR) is 126 cm³/mol. The summed E-state index contributed by atoms with van der Waals surface area (Å²) in [7, 11) is 2.08. The topological polar surface area (TPSA) is 56.8 Å². The smallest absolute Gasteiger partial charge is 0.255 e. The van der Waals surface area contributed by atoms with Gasteiger partial charge in [-0.3, -0.25) is 14.6 Å². The first kappa shape index (κ1) is 22.5. The van der Waals surface area contributed by atoms with E-state index >= 15 is 0 Å². The third-order valence-corrected chi connectivity index (χ3v) is 6.99. The van der Waals surface area contributed by atoms with E-state index < -0.39 is 5.41 Å². The second kappa shape index (κ2) is 9.02. The number of amides is 2. The number of likely N-dealkylation sites (N-methyl/N-ethyl adjacent to an activating group) is 1. The largest absolute Gasteiger partial charge is 0.336 e. The summed E-state index contributed by atoms with van der Waals surface area (Å²) in [6.07, 6.45) is 3.54. The zero-order valence-electron chi connectivity index (χ0n) is 19.7. The van der Waals surface area contributed by atoms with Crippen molar-refractivity contribution >= 4 is 11.8 Å². The van der Waals surface area contributed by atoms with E-state index in [1.807, 2.05) is 35.8 Å². The summed E-state index contributed by atoms with van der Waals surface area (Å²) in [5.41, 5.74) is 3.10. The van der Waals surface area contributed by atoms with Gasteiger partial charge in [0.15, 0.2) is 0 Å². The minimum atomic E-state index is -0.604. The fraction of sp³-hybridized carbons (Fsp3) is 0.500. The highest BCUT2D eigenvalue weighted by molar-refractivity contribution is 5.94. The molecule has 170 valence electrons. The average Bonchev–Trinajstić information content (AvgIpc) is 3.29. The third-order valence-electron chi connectivity index (χ3n) is 6.99. The molecule has 0 N–H and O–H groups in total. The molecule has 2 aromatic rings. The molecule has 2 amide bonds. The van der Waals surface area contributed by atoms with E-state index in [0.717, 1.165) is 56.8 Å². The summed E-state index contributed by atoms with van der Waals surface area (Å²) < 4.78 is 0. The second-order valence-electron chi connectivity index (χ2n) is 9.71. The van der Waals surface area contributed by atoms with Crippen LogP contribution < -0.4 is 0 Å². The van der Waals surface area contributed by atoms with Crippen molar-refractivity contribution in [2.75, 3.05) is 39.8 Å². The number of carbonyl (C=O) groups excluding carboxylic acids is 2. The van der Waals surface area contributed by atoms with Crippen LogP contribution in [0.2, 0.25) is 0 Å². The van der Waals surface area contributed by atoms with Crippen LogP contribution in [0, 0.1) is 6.92 Å². The van der Waals surface area contributed by atoms with Gasteiger partial charge in [0.2, 0.25) is 5.91 Å². The minimum Gasteiger partial charge on any atom is -0.336 e. The molecule has 1 atom stereocenters. The fourth-order valence-electron chi connectivity index (χ4n) is 4.69. The molecule has 1 aromatic carbocycles. The van der Waals surface area contributed by atoms with Crippen LogP contribution >= 0.6 is 0 Å². The van der Waals surface area contributed by atoms with E-state index in [9.17, 15) is 9.59 Å². The lowest BCUT2D eigenvalue weighted by molar-refractivity contribution is -0.137. The van der Waals surface area contributed by atoms with Crippen LogP contribution in [0.5, 0.6) is 0 Å². The van der Waals surface area contributed by atoms with Crippen molar-refractivity contribution in [1.82, 2.24) is 19.7 Å². The molecular weight excluding hydrogens is 400 g/mol. The van der Waals surface area contributed by atoms with Gasteiger partial charge in [0, 0.05) is 38.9 Å². The van der Waals surface area contributed by atoms with Crippen LogP contribution in [-0.2, 0) is 10.2 Å². The van der Waals surface area contributed by atoms with Crippen LogP contribution in [0.25, 0.3) is 0 Å². The highest BCUT2D eigenvalue weighted by atomic mass is 16.2. The number of aromatic nitrogens is 1. The van der Waals surface area contributed by atoms with Crippen molar-refractivity contribution < 1.29 is 9.59 Å². The number of piperazine rings is 1. The van der Waals surface area contributed by atoms with Gasteiger partial charge in [-0.15, -0.1) is 0 Å². The maximum absolute atomic E-state index is 13.6. The molecular formula is C26H34N4O2. The molecule has 1 aromatic heterocycles. The van der Waals surface area contributed by atoms with Crippen LogP contribution in [-0.4, -0.2) is 71.3 Å². The molecule has 2 fully saturated rings. The number of hydrogen-bond acceptors (Lipinski definition) is 4. The number of rotatable bonds is 4. The summed E-state index contributed by atoms with van der Waals surface area (Å²) >= 11 is 0. The number of nitrogens with zero attached hydrogens (tertiary/aromatic N) is 4. The molecule has 32 heavy (non-hydrogen) atoms. The van der Waals surface area contributed by atoms with Crippen molar-refractivity contribution in [1.29, 1.82) is 0 Å². The van der Waals surface area contributed by atoms with Crippen LogP contribution in [0.3, 0.4) is 0 Å². The molecule has 6 nitrogen and oxygen atoms in total. The molecule has 4 rings (SSSR count). The molecule has 6 heteroatoms. The second-order valence-corrected chi connectivity index (χ2v) is 9.71. The normalized spacial score (nSPS) is 19.9. The maximum atomic E-state index is 13.6. The standard InChI is InChI=1S/C26H34N4O2/c1-19-7-10-21(11-8-19)26(2,3)25(32)30-13-5-6-23(30)22-12-9-20(18-27-22)24(31)29-16-14-28(4)15-17-29/h7-12,18,23H,5-6,13-17H2,1-4H3. The van der Waals surface area contributed by atoms with E-state index in [4.69, 9.17) is 0 Å². The van der Waals surface area contributed by atoms with E-state index in [2.05, 4.69) is 48.1 Å². The first-order valence-electron chi connectivity index (χ1n) is 11.6. The fourth-order valence-corrected chi connectivity index (χ4v) is 4.69. The Labute approximate surface area is 191 Å². The Morgan fingerprint density at radius 1 is 0.969 bits per heavy atom. The van der Waals surface area contributed by atoms with Gasteiger partial charge in [-0.05, 0) is 58.4 Å². The molecule has 0 aliphatic carbocycles. The molecule has 2 aliphatic heterocycles. The lowest BCUT2D eigenvalue weighted by Crippen LogP contribution is -2.47. The predicted octanol–water partition coefficient (Wildman–Crippen LogP) is 3.42. The summed E-state index contributed by atoms with van der Waals surface area (Å²) in [5, 5.41) is 0. The van der Waals surface area contributed by atoms with Gasteiger partial charge in [0.25, 0.3) is 5.91 Å². The average molecular weight is 435 g/mol. The van der Waals surface area contributed by atoms with Crippen LogP contribution in [0.15, 0.2) is 42.6 Å². The number of pyridine rings is 1. The number of likely N-dealkylation sites (tertiary alicyclic amines) is 1. The Hall–Kier alpha value is -2.73. The van der Waals surface area contributed by atoms with Gasteiger partial charge in [0.05, 0.1) is 22.7 Å². The van der Waals surface area contributed by atoms with Crippen molar-refractivity contribution in [3.05, 3.63) is 65.0 Å². The number of aryl methyl sites for hydroxylation is 1. The number of benzene rings is 1. The van der Waals surface area contributed by atoms with Gasteiger partial charge in [-0.25, -0.2) is 0 Å². The monoisotopic (exact) mass is 434 g/mol. The van der Waals surface area contributed by atoms with Crippen molar-refractivity contribution in [2.45, 2.75) is 45.1 Å². The molecule has 0 bridgehead atoms. The van der Waals surface area contributed by atoms with Crippen molar-refractivity contribution in [3.8, 4) is 0 Å². The Kier molecular flexibility index (Phi) is 6.33. The molecule has 2 aliphatic rings. The summed E-state index contributed by atoms with van der Waals surface area (Å²) in [5.74, 6) is 0.167. The zero-order chi connectivity index (χ0) is 22.9. The van der Waals surface area contributed by atoms with Crippen LogP contribution in [0.4, 0.5) is 0 Å². The highest BCUT2D eigenvalue weighted by Gasteiger charge is 2.39.